The Labute approximate surface area is 257 Å². The summed E-state index contributed by atoms with van der Waals surface area (Å²) >= 11 is 0. The van der Waals surface area contributed by atoms with Crippen LogP contribution in [0.15, 0.2) is 71.8 Å². The second kappa shape index (κ2) is 24.7. The van der Waals surface area contributed by atoms with Gasteiger partial charge in [0.15, 0.2) is 0 Å². The summed E-state index contributed by atoms with van der Waals surface area (Å²) in [6, 6.07) is 5.25. The molecule has 3 rings (SSSR count). The van der Waals surface area contributed by atoms with Crippen LogP contribution in [0.5, 0.6) is 0 Å². The van der Waals surface area contributed by atoms with E-state index in [-0.39, 0.29) is 5.83 Å². The Balaban J connectivity index is 0.000000778. The summed E-state index contributed by atoms with van der Waals surface area (Å²) in [7, 11) is 5.54. The first-order chi connectivity index (χ1) is 20.7. The van der Waals surface area contributed by atoms with Crippen molar-refractivity contribution in [1.29, 1.82) is 0 Å². The number of nitrogens with two attached hydrogens (primary N) is 1. The molecule has 238 valence electrons. The maximum absolute atomic E-state index is 12.2. The van der Waals surface area contributed by atoms with Gasteiger partial charge in [-0.1, -0.05) is 58.4 Å². The molecule has 10 heteroatoms. The number of hydrogen-bond acceptors (Lipinski definition) is 7. The molecule has 0 saturated heterocycles. The van der Waals surface area contributed by atoms with E-state index in [0.29, 0.717) is 18.6 Å². The summed E-state index contributed by atoms with van der Waals surface area (Å²) in [5, 5.41) is 16.2. The molecule has 0 unspecified atom stereocenters. The number of nitrogens with zero attached hydrogens (tertiary/aromatic N) is 5. The van der Waals surface area contributed by atoms with Gasteiger partial charge in [0.05, 0.1) is 18.0 Å². The quantitative estimate of drug-likeness (QED) is 0.211. The van der Waals surface area contributed by atoms with Crippen molar-refractivity contribution >= 4 is 34.9 Å². The summed E-state index contributed by atoms with van der Waals surface area (Å²) in [5.41, 5.74) is 8.34. The smallest absolute Gasteiger partial charge is 0.248 e. The molecule has 2 heterocycles. The lowest BCUT2D eigenvalue weighted by atomic mass is 10.1. The van der Waals surface area contributed by atoms with E-state index >= 15 is 0 Å². The zero-order chi connectivity index (χ0) is 32.5. The van der Waals surface area contributed by atoms with Gasteiger partial charge in [-0.15, -0.1) is 11.7 Å². The van der Waals surface area contributed by atoms with Crippen molar-refractivity contribution in [1.82, 2.24) is 20.0 Å². The lowest BCUT2D eigenvalue weighted by Gasteiger charge is -2.14. The van der Waals surface area contributed by atoms with Gasteiger partial charge in [0.1, 0.15) is 12.0 Å². The van der Waals surface area contributed by atoms with Crippen LogP contribution in [0.25, 0.3) is 16.5 Å². The first-order valence-electron chi connectivity index (χ1n) is 14.8. The van der Waals surface area contributed by atoms with Crippen LogP contribution in [0.4, 0.5) is 4.39 Å². The van der Waals surface area contributed by atoms with Crippen LogP contribution in [0, 0.1) is 0 Å². The standard InChI is InChI=1S/C17H18N6O.C10H20FN.C4H8O.C2H6/c1-23-10-13(5-3-2-4-8-19-20-11-23)16-14-9-12(17(18)24)6-7-15(14)21-22-16;1-4-5-6-8-12(3)9-7-10(2)11;1-3-4-5-2;1-2/h3,5-11H,2,4H2,1H3,(H2,18,24)(H,21,22);2,4-9H2,1,3H3;3H,1,4H2,2H3;1-2H3/b5-3-,13-10+,19-8+,20-11-;;;. The predicted octanol–water partition coefficient (Wildman–Crippen LogP) is 7.13. The molecule has 1 amide bonds. The minimum Gasteiger partial charge on any atom is -0.381 e. The highest BCUT2D eigenvalue weighted by molar-refractivity contribution is 6.00. The number of benzene rings is 1. The molecule has 1 aromatic heterocycles. The lowest BCUT2D eigenvalue weighted by Crippen LogP contribution is -2.20. The number of H-pyrrole nitrogens is 1. The van der Waals surface area contributed by atoms with Gasteiger partial charge in [-0.2, -0.15) is 10.2 Å². The van der Waals surface area contributed by atoms with E-state index < -0.39 is 5.91 Å². The number of carbonyl (C=O) groups excluding carboxylic acids is 1. The number of allylic oxidation sites excluding steroid dienone is 3. The molecular weight excluding hydrogens is 545 g/mol. The minimum absolute atomic E-state index is 0.211. The highest BCUT2D eigenvalue weighted by atomic mass is 19.1. The molecule has 0 radical (unpaired) electrons. The number of halogens is 1. The molecule has 0 bridgehead atoms. The van der Waals surface area contributed by atoms with Crippen molar-refractivity contribution in [3.05, 3.63) is 72.9 Å². The van der Waals surface area contributed by atoms with Crippen LogP contribution in [0.2, 0.25) is 0 Å². The van der Waals surface area contributed by atoms with Crippen LogP contribution >= 0.6 is 0 Å². The van der Waals surface area contributed by atoms with Gasteiger partial charge in [-0.05, 0) is 51.1 Å². The summed E-state index contributed by atoms with van der Waals surface area (Å²) in [4.78, 5) is 15.4. The third-order valence-electron chi connectivity index (χ3n) is 5.80. The Morgan fingerprint density at radius 3 is 2.58 bits per heavy atom. The molecule has 3 N–H and O–H groups in total. The number of aromatic nitrogens is 2. The molecule has 0 aliphatic carbocycles. The van der Waals surface area contributed by atoms with Crippen LogP contribution in [-0.2, 0) is 4.74 Å². The first-order valence-corrected chi connectivity index (χ1v) is 14.8. The number of primary amides is 1. The Morgan fingerprint density at radius 2 is 1.98 bits per heavy atom. The van der Waals surface area contributed by atoms with Crippen molar-refractivity contribution in [2.24, 2.45) is 15.9 Å². The lowest BCUT2D eigenvalue weighted by molar-refractivity contribution is 0.100. The number of amides is 1. The van der Waals surface area contributed by atoms with E-state index in [1.165, 1.54) is 19.3 Å². The predicted molar refractivity (Wildman–Crippen MR) is 181 cm³/mol. The Bertz CT molecular complexity index is 1200. The van der Waals surface area contributed by atoms with Crippen LogP contribution in [0.3, 0.4) is 0 Å². The molecule has 0 saturated carbocycles. The third-order valence-corrected chi connectivity index (χ3v) is 5.80. The fourth-order valence-electron chi connectivity index (χ4n) is 3.59. The fourth-order valence-corrected chi connectivity index (χ4v) is 3.59. The van der Waals surface area contributed by atoms with Crippen molar-refractivity contribution in [2.45, 2.75) is 59.3 Å². The van der Waals surface area contributed by atoms with Crippen LogP contribution in [0.1, 0.15) is 75.3 Å². The monoisotopic (exact) mass is 597 g/mol. The number of unbranched alkanes of at least 4 members (excludes halogenated alkanes) is 2. The highest BCUT2D eigenvalue weighted by Gasteiger charge is 2.12. The second-order valence-electron chi connectivity index (χ2n) is 9.48. The Kier molecular flexibility index (Phi) is 22.5. The molecule has 0 fully saturated rings. The van der Waals surface area contributed by atoms with Crippen molar-refractivity contribution in [3.8, 4) is 0 Å². The van der Waals surface area contributed by atoms with E-state index in [1.807, 2.05) is 40.2 Å². The Morgan fingerprint density at radius 1 is 1.23 bits per heavy atom. The summed E-state index contributed by atoms with van der Waals surface area (Å²) in [5.74, 6) is -0.672. The van der Waals surface area contributed by atoms with Gasteiger partial charge in [0.2, 0.25) is 5.91 Å². The summed E-state index contributed by atoms with van der Waals surface area (Å²) in [6.07, 6.45) is 17.0. The summed E-state index contributed by atoms with van der Waals surface area (Å²) < 4.78 is 16.8. The largest absolute Gasteiger partial charge is 0.381 e. The zero-order valence-corrected chi connectivity index (χ0v) is 27.0. The number of fused-ring (bicyclic) bond motifs is 1. The molecule has 1 aliphatic rings. The number of carbonyl (C=O) groups is 1. The zero-order valence-electron chi connectivity index (χ0n) is 27.0. The van der Waals surface area contributed by atoms with E-state index in [4.69, 9.17) is 5.73 Å². The van der Waals surface area contributed by atoms with Crippen LogP contribution < -0.4 is 5.73 Å². The molecule has 1 aliphatic heterocycles. The number of nitrogens with one attached hydrogen (secondary N) is 1. The SMILES string of the molecule is C=C(F)CCN(C)CCCCC.C=CCOC.CC.CN1/C=N\N=C\CC/C=C\C(c2n[nH]c3ccc(C(N)=O)cc23)=C/1. The average molecular weight is 598 g/mol. The van der Waals surface area contributed by atoms with Crippen molar-refractivity contribution in [3.63, 3.8) is 0 Å². The van der Waals surface area contributed by atoms with Gasteiger partial charge < -0.3 is 20.3 Å². The minimum atomic E-state index is -0.461. The van der Waals surface area contributed by atoms with Gasteiger partial charge in [0, 0.05) is 56.1 Å². The van der Waals surface area contributed by atoms with Crippen molar-refractivity contribution < 1.29 is 13.9 Å². The molecule has 2 aromatic rings. The second-order valence-corrected chi connectivity index (χ2v) is 9.48. The normalized spacial score (nSPS) is 16.0. The molecule has 0 spiro atoms. The molecule has 9 nitrogen and oxygen atoms in total. The Hall–Kier alpha value is -3.89. The molecule has 0 atom stereocenters. The topological polar surface area (TPSA) is 112 Å². The number of methoxy groups -OCH3 is 1. The highest BCUT2D eigenvalue weighted by Crippen LogP contribution is 2.25. The van der Waals surface area contributed by atoms with Gasteiger partial charge >= 0.3 is 0 Å². The maximum Gasteiger partial charge on any atom is 0.248 e. The van der Waals surface area contributed by atoms with E-state index in [0.717, 1.165) is 48.1 Å². The summed E-state index contributed by atoms with van der Waals surface area (Å²) in [6.45, 7) is 15.4. The number of rotatable bonds is 11. The number of aromatic amines is 1. The fraction of sp³-hybridized carbons (Fsp3) is 0.455. The van der Waals surface area contributed by atoms with Gasteiger partial charge in [0.25, 0.3) is 0 Å². The van der Waals surface area contributed by atoms with E-state index in [9.17, 15) is 9.18 Å². The van der Waals surface area contributed by atoms with Crippen LogP contribution in [-0.4, -0.2) is 79.4 Å². The van der Waals surface area contributed by atoms with E-state index in [1.54, 1.807) is 48.8 Å². The molecule has 1 aromatic carbocycles. The molecule has 43 heavy (non-hydrogen) atoms. The van der Waals surface area contributed by atoms with E-state index in [2.05, 4.69) is 56.2 Å². The van der Waals surface area contributed by atoms with Gasteiger partial charge in [-0.3, -0.25) is 9.89 Å². The number of hydrogen-bond donors (Lipinski definition) is 2. The maximum atomic E-state index is 12.2. The molecular formula is C33H52FN7O2. The average Bonchev–Trinajstić information content (AvgIpc) is 3.40. The first kappa shape index (κ1) is 39.1. The third kappa shape index (κ3) is 17.6. The number of ether oxygens (including phenoxy) is 1. The van der Waals surface area contributed by atoms with Gasteiger partial charge in [-0.25, -0.2) is 4.39 Å². The van der Waals surface area contributed by atoms with Crippen molar-refractivity contribution in [2.75, 3.05) is 40.9 Å².